The fourth-order valence-electron chi connectivity index (χ4n) is 2.09. The predicted octanol–water partition coefficient (Wildman–Crippen LogP) is 2.85. The molecule has 2 aromatic carbocycles. The highest BCUT2D eigenvalue weighted by molar-refractivity contribution is 5.95. The van der Waals surface area contributed by atoms with Gasteiger partial charge in [0.25, 0.3) is 5.91 Å². The minimum atomic E-state index is -0.769. The maximum Gasteiger partial charge on any atom is 0.340 e. The lowest BCUT2D eigenvalue weighted by Crippen LogP contribution is -2.14. The highest BCUT2D eigenvalue weighted by Gasteiger charge is 2.17. The Morgan fingerprint density at radius 2 is 1.83 bits per heavy atom. The monoisotopic (exact) mass is 317 g/mol. The fraction of sp³-hybridized carbons (Fsp3) is 0.176. The molecule has 2 aromatic rings. The van der Waals surface area contributed by atoms with E-state index in [2.05, 4.69) is 4.74 Å². The van der Waals surface area contributed by atoms with E-state index in [-0.39, 0.29) is 11.1 Å². The van der Waals surface area contributed by atoms with Crippen LogP contribution < -0.4 is 10.5 Å². The van der Waals surface area contributed by atoms with Crippen LogP contribution in [0.25, 0.3) is 0 Å². The summed E-state index contributed by atoms with van der Waals surface area (Å²) in [6.45, 7) is 1.71. The lowest BCUT2D eigenvalue weighted by atomic mass is 10.1. The molecule has 1 unspecified atom stereocenters. The Labute approximate surface area is 132 Å². The number of para-hydroxylation sites is 1. The third-order valence-electron chi connectivity index (χ3n) is 3.32. The highest BCUT2D eigenvalue weighted by Crippen LogP contribution is 2.26. The molecule has 0 aliphatic heterocycles. The third-order valence-corrected chi connectivity index (χ3v) is 3.32. The molecule has 0 heterocycles. The summed E-state index contributed by atoms with van der Waals surface area (Å²) < 4.78 is 23.9. The van der Waals surface area contributed by atoms with Gasteiger partial charge in [0.05, 0.1) is 18.2 Å². The Hall–Kier alpha value is -2.89. The van der Waals surface area contributed by atoms with Gasteiger partial charge in [-0.1, -0.05) is 18.2 Å². The van der Waals surface area contributed by atoms with Crippen LogP contribution >= 0.6 is 0 Å². The number of esters is 1. The van der Waals surface area contributed by atoms with Crippen molar-refractivity contribution < 1.29 is 23.5 Å². The van der Waals surface area contributed by atoms with Crippen LogP contribution in [0.15, 0.2) is 42.5 Å². The van der Waals surface area contributed by atoms with E-state index in [1.807, 2.05) is 0 Å². The van der Waals surface area contributed by atoms with E-state index in [4.69, 9.17) is 10.5 Å². The molecular weight excluding hydrogens is 301 g/mol. The molecule has 2 rings (SSSR count). The summed E-state index contributed by atoms with van der Waals surface area (Å²) in [5, 5.41) is 0. The summed E-state index contributed by atoms with van der Waals surface area (Å²) >= 11 is 0. The van der Waals surface area contributed by atoms with Gasteiger partial charge in [0, 0.05) is 0 Å². The van der Waals surface area contributed by atoms with Crippen LogP contribution in [-0.4, -0.2) is 19.0 Å². The van der Waals surface area contributed by atoms with Gasteiger partial charge in [-0.15, -0.1) is 0 Å². The molecule has 0 radical (unpaired) electrons. The summed E-state index contributed by atoms with van der Waals surface area (Å²) in [5.74, 6) is -1.74. The lowest BCUT2D eigenvalue weighted by Gasteiger charge is -2.17. The van der Waals surface area contributed by atoms with Crippen LogP contribution in [0.2, 0.25) is 0 Å². The number of hydrogen-bond donors (Lipinski definition) is 1. The van der Waals surface area contributed by atoms with Gasteiger partial charge in [-0.2, -0.15) is 0 Å². The van der Waals surface area contributed by atoms with E-state index >= 15 is 0 Å². The van der Waals surface area contributed by atoms with Gasteiger partial charge >= 0.3 is 5.97 Å². The number of benzene rings is 2. The van der Waals surface area contributed by atoms with Crippen molar-refractivity contribution in [3.05, 3.63) is 65.0 Å². The van der Waals surface area contributed by atoms with Gasteiger partial charge in [-0.05, 0) is 36.8 Å². The second-order valence-corrected chi connectivity index (χ2v) is 4.85. The zero-order chi connectivity index (χ0) is 17.0. The van der Waals surface area contributed by atoms with E-state index in [1.165, 1.54) is 25.3 Å². The van der Waals surface area contributed by atoms with Gasteiger partial charge in [-0.25, -0.2) is 9.18 Å². The minimum absolute atomic E-state index is 0.177. The molecule has 0 bridgehead atoms. The third kappa shape index (κ3) is 3.66. The Morgan fingerprint density at radius 1 is 1.13 bits per heavy atom. The zero-order valence-electron chi connectivity index (χ0n) is 12.7. The molecule has 0 fully saturated rings. The molecule has 0 saturated heterocycles. The number of rotatable bonds is 5. The van der Waals surface area contributed by atoms with E-state index in [0.717, 1.165) is 0 Å². The highest BCUT2D eigenvalue weighted by atomic mass is 19.1. The largest absolute Gasteiger partial charge is 0.485 e. The summed E-state index contributed by atoms with van der Waals surface area (Å²) in [7, 11) is 1.18. The van der Waals surface area contributed by atoms with Crippen molar-refractivity contribution in [1.82, 2.24) is 0 Å². The Balaban J connectivity index is 2.30. The van der Waals surface area contributed by atoms with E-state index in [9.17, 15) is 14.0 Å². The van der Waals surface area contributed by atoms with Crippen molar-refractivity contribution in [1.29, 1.82) is 0 Å². The van der Waals surface area contributed by atoms with Crippen molar-refractivity contribution in [2.45, 2.75) is 13.0 Å². The average Bonchev–Trinajstić information content (AvgIpc) is 2.54. The standard InChI is InChI=1S/C17H16FNO4/c1-10(23-15-6-4-3-5-12(15)16(19)20)11-7-8-14(18)13(9-11)17(21)22-2/h3-10H,1-2H3,(H2,19,20). The molecule has 1 atom stereocenters. The Kier molecular flexibility index (Phi) is 4.95. The van der Waals surface area contributed by atoms with Crippen molar-refractivity contribution in [3.63, 3.8) is 0 Å². The second-order valence-electron chi connectivity index (χ2n) is 4.85. The van der Waals surface area contributed by atoms with Gasteiger partial charge in [-0.3, -0.25) is 4.79 Å². The molecule has 0 spiro atoms. The van der Waals surface area contributed by atoms with Crippen molar-refractivity contribution in [3.8, 4) is 5.75 Å². The minimum Gasteiger partial charge on any atom is -0.485 e. The molecule has 0 aromatic heterocycles. The topological polar surface area (TPSA) is 78.6 Å². The van der Waals surface area contributed by atoms with Gasteiger partial charge in [0.15, 0.2) is 0 Å². The molecule has 2 N–H and O–H groups in total. The molecule has 5 nitrogen and oxygen atoms in total. The number of nitrogens with two attached hydrogens (primary N) is 1. The molecule has 6 heteroatoms. The first-order chi connectivity index (χ1) is 10.9. The number of halogens is 1. The summed E-state index contributed by atoms with van der Waals surface area (Å²) in [4.78, 5) is 22.9. The van der Waals surface area contributed by atoms with Crippen LogP contribution in [0.3, 0.4) is 0 Å². The van der Waals surface area contributed by atoms with E-state index in [0.29, 0.717) is 11.3 Å². The average molecular weight is 317 g/mol. The molecule has 0 aliphatic rings. The van der Waals surface area contributed by atoms with Crippen molar-refractivity contribution in [2.24, 2.45) is 5.73 Å². The molecule has 23 heavy (non-hydrogen) atoms. The quantitative estimate of drug-likeness (QED) is 0.860. The summed E-state index contributed by atoms with van der Waals surface area (Å²) in [6, 6.07) is 10.6. The smallest absolute Gasteiger partial charge is 0.340 e. The van der Waals surface area contributed by atoms with Crippen LogP contribution in [0, 0.1) is 5.82 Å². The SMILES string of the molecule is COC(=O)c1cc(C(C)Oc2ccccc2C(N)=O)ccc1F. The molecular formula is C17H16FNO4. The van der Waals surface area contributed by atoms with Crippen LogP contribution in [0.4, 0.5) is 4.39 Å². The maximum atomic E-state index is 13.7. The van der Waals surface area contributed by atoms with Crippen molar-refractivity contribution in [2.75, 3.05) is 7.11 Å². The van der Waals surface area contributed by atoms with Crippen LogP contribution in [0.1, 0.15) is 39.3 Å². The normalized spacial score (nSPS) is 11.6. The molecule has 120 valence electrons. The van der Waals surface area contributed by atoms with Crippen LogP contribution in [0.5, 0.6) is 5.75 Å². The Morgan fingerprint density at radius 3 is 2.48 bits per heavy atom. The molecule has 1 amide bonds. The molecule has 0 saturated carbocycles. The van der Waals surface area contributed by atoms with Gasteiger partial charge in [0.1, 0.15) is 17.7 Å². The van der Waals surface area contributed by atoms with Gasteiger partial charge in [0.2, 0.25) is 0 Å². The summed E-state index contributed by atoms with van der Waals surface area (Å²) in [5.41, 5.74) is 5.93. The summed E-state index contributed by atoms with van der Waals surface area (Å²) in [6.07, 6.45) is -0.528. The number of carbonyl (C=O) groups is 2. The number of amides is 1. The lowest BCUT2D eigenvalue weighted by molar-refractivity contribution is 0.0595. The van der Waals surface area contributed by atoms with E-state index < -0.39 is 23.8 Å². The first kappa shape index (κ1) is 16.5. The number of ether oxygens (including phenoxy) is 2. The van der Waals surface area contributed by atoms with Crippen LogP contribution in [-0.2, 0) is 4.74 Å². The van der Waals surface area contributed by atoms with Gasteiger partial charge < -0.3 is 15.2 Å². The number of methoxy groups -OCH3 is 1. The first-order valence-corrected chi connectivity index (χ1v) is 6.87. The second kappa shape index (κ2) is 6.91. The first-order valence-electron chi connectivity index (χ1n) is 6.87. The molecule has 0 aliphatic carbocycles. The number of primary amides is 1. The van der Waals surface area contributed by atoms with Crippen molar-refractivity contribution >= 4 is 11.9 Å². The Bertz CT molecular complexity index is 745. The number of hydrogen-bond acceptors (Lipinski definition) is 4. The maximum absolute atomic E-state index is 13.7. The van der Waals surface area contributed by atoms with E-state index in [1.54, 1.807) is 31.2 Å². The predicted molar refractivity (Wildman–Crippen MR) is 81.7 cm³/mol. The zero-order valence-corrected chi connectivity index (χ0v) is 12.7. The fourth-order valence-corrected chi connectivity index (χ4v) is 2.09. The number of carbonyl (C=O) groups excluding carboxylic acids is 2.